The summed E-state index contributed by atoms with van der Waals surface area (Å²) in [6.45, 7) is 0. The minimum Gasteiger partial charge on any atom is -0.382 e. The molecule has 0 bridgehead atoms. The zero-order valence-corrected chi connectivity index (χ0v) is 6.89. The Hall–Kier alpha value is -1.85. The molecule has 14 heavy (non-hydrogen) atoms. The molecule has 0 unspecified atom stereocenters. The summed E-state index contributed by atoms with van der Waals surface area (Å²) in [7, 11) is 0. The maximum Gasteiger partial charge on any atom is 0.161 e. The molecule has 0 aliphatic carbocycles. The van der Waals surface area contributed by atoms with Gasteiger partial charge in [0.2, 0.25) is 0 Å². The lowest BCUT2D eigenvalue weighted by Crippen LogP contribution is -2.11. The molecule has 0 saturated heterocycles. The second-order valence-corrected chi connectivity index (χ2v) is 2.40. The number of halogens is 3. The van der Waals surface area contributed by atoms with Crippen molar-refractivity contribution in [1.29, 1.82) is 5.41 Å². The molecule has 1 rings (SSSR count). The van der Waals surface area contributed by atoms with Crippen LogP contribution in [0.15, 0.2) is 17.1 Å². The predicted octanol–water partition coefficient (Wildman–Crippen LogP) is 1.74. The monoisotopic (exact) mass is 201 g/mol. The molecule has 0 aliphatic heterocycles. The summed E-state index contributed by atoms with van der Waals surface area (Å²) >= 11 is 0. The summed E-state index contributed by atoms with van der Waals surface area (Å²) in [6, 6.07) is 0.937. The van der Waals surface area contributed by atoms with E-state index in [1.165, 1.54) is 0 Å². The summed E-state index contributed by atoms with van der Waals surface area (Å²) in [5.41, 5.74) is 4.65. The van der Waals surface area contributed by atoms with Gasteiger partial charge in [-0.2, -0.15) is 0 Å². The average molecular weight is 201 g/mol. The largest absolute Gasteiger partial charge is 0.382 e. The first-order chi connectivity index (χ1) is 6.54. The van der Waals surface area contributed by atoms with E-state index in [4.69, 9.17) is 11.1 Å². The first-order valence-electron chi connectivity index (χ1n) is 3.53. The van der Waals surface area contributed by atoms with Gasteiger partial charge < -0.3 is 11.1 Å². The molecular weight excluding hydrogens is 195 g/mol. The van der Waals surface area contributed by atoms with Crippen molar-refractivity contribution in [2.75, 3.05) is 0 Å². The number of nitrogens with one attached hydrogen (secondary N) is 1. The number of benzene rings is 1. The fourth-order valence-corrected chi connectivity index (χ4v) is 0.769. The van der Waals surface area contributed by atoms with Crippen LogP contribution in [0.1, 0.15) is 0 Å². The number of hydrogen-bond donors (Lipinski definition) is 2. The van der Waals surface area contributed by atoms with Gasteiger partial charge in [-0.25, -0.2) is 18.2 Å². The van der Waals surface area contributed by atoms with Crippen LogP contribution in [0, 0.1) is 22.9 Å². The molecule has 1 aromatic carbocycles. The molecule has 0 radical (unpaired) electrons. The van der Waals surface area contributed by atoms with Crippen LogP contribution < -0.4 is 5.73 Å². The summed E-state index contributed by atoms with van der Waals surface area (Å²) < 4.78 is 37.9. The van der Waals surface area contributed by atoms with Crippen LogP contribution in [-0.2, 0) is 0 Å². The van der Waals surface area contributed by atoms with Gasteiger partial charge in [0.25, 0.3) is 0 Å². The Morgan fingerprint density at radius 3 is 2.36 bits per heavy atom. The molecule has 0 spiro atoms. The Kier molecular flexibility index (Phi) is 2.85. The maximum absolute atomic E-state index is 12.9. The van der Waals surface area contributed by atoms with Gasteiger partial charge in [0, 0.05) is 12.1 Å². The van der Waals surface area contributed by atoms with Crippen LogP contribution in [0.2, 0.25) is 0 Å². The Morgan fingerprint density at radius 1 is 1.21 bits per heavy atom. The van der Waals surface area contributed by atoms with Gasteiger partial charge in [0.1, 0.15) is 11.5 Å². The quantitative estimate of drug-likeness (QED) is 0.427. The van der Waals surface area contributed by atoms with Gasteiger partial charge in [-0.05, 0) is 0 Å². The van der Waals surface area contributed by atoms with Crippen molar-refractivity contribution in [3.05, 3.63) is 29.6 Å². The van der Waals surface area contributed by atoms with Crippen molar-refractivity contribution in [2.24, 2.45) is 10.7 Å². The van der Waals surface area contributed by atoms with Crippen molar-refractivity contribution in [3.63, 3.8) is 0 Å². The Morgan fingerprint density at radius 2 is 1.79 bits per heavy atom. The number of amidine groups is 1. The molecule has 74 valence electrons. The van der Waals surface area contributed by atoms with E-state index >= 15 is 0 Å². The predicted molar refractivity (Wildman–Crippen MR) is 46.4 cm³/mol. The fraction of sp³-hybridized carbons (Fsp3) is 0. The summed E-state index contributed by atoms with van der Waals surface area (Å²) in [5, 5.41) is 6.65. The van der Waals surface area contributed by atoms with Crippen LogP contribution in [0.5, 0.6) is 0 Å². The molecular formula is C8H6F3N3. The molecule has 1 aromatic rings. The van der Waals surface area contributed by atoms with E-state index < -0.39 is 23.1 Å². The van der Waals surface area contributed by atoms with Crippen molar-refractivity contribution >= 4 is 17.7 Å². The lowest BCUT2D eigenvalue weighted by Gasteiger charge is -1.98. The topological polar surface area (TPSA) is 62.2 Å². The van der Waals surface area contributed by atoms with Crippen molar-refractivity contribution in [2.45, 2.75) is 0 Å². The molecule has 0 aromatic heterocycles. The van der Waals surface area contributed by atoms with Crippen LogP contribution >= 0.6 is 0 Å². The van der Waals surface area contributed by atoms with Gasteiger partial charge in [-0.3, -0.25) is 0 Å². The SMILES string of the molecule is N=CC(N)=Nc1cc(F)c(F)cc1F. The molecule has 0 atom stereocenters. The highest BCUT2D eigenvalue weighted by molar-refractivity contribution is 6.28. The highest BCUT2D eigenvalue weighted by Crippen LogP contribution is 2.20. The lowest BCUT2D eigenvalue weighted by atomic mass is 10.3. The Bertz CT molecular complexity index is 401. The van der Waals surface area contributed by atoms with Crippen LogP contribution in [-0.4, -0.2) is 12.1 Å². The fourth-order valence-electron chi connectivity index (χ4n) is 0.769. The average Bonchev–Trinajstić information content (AvgIpc) is 2.14. The smallest absolute Gasteiger partial charge is 0.161 e. The number of rotatable bonds is 2. The standard InChI is InChI=1S/C8H6F3N3/c9-4-1-6(11)7(2-5(4)10)14-8(13)3-12/h1-3,12H,(H2,13,14). The molecule has 0 heterocycles. The molecule has 0 saturated carbocycles. The Balaban J connectivity index is 3.23. The minimum atomic E-state index is -1.30. The second-order valence-electron chi connectivity index (χ2n) is 2.40. The first-order valence-corrected chi connectivity index (χ1v) is 3.53. The molecule has 6 heteroatoms. The first kappa shape index (κ1) is 10.2. The highest BCUT2D eigenvalue weighted by Gasteiger charge is 2.08. The molecule has 3 N–H and O–H groups in total. The normalized spacial score (nSPS) is 11.5. The van der Waals surface area contributed by atoms with E-state index in [0.717, 1.165) is 0 Å². The number of nitrogens with zero attached hydrogens (tertiary/aromatic N) is 1. The number of aliphatic imine (C=N–C) groups is 1. The number of nitrogens with two attached hydrogens (primary N) is 1. The zero-order valence-electron chi connectivity index (χ0n) is 6.89. The van der Waals surface area contributed by atoms with E-state index in [-0.39, 0.29) is 5.84 Å². The van der Waals surface area contributed by atoms with Crippen molar-refractivity contribution in [1.82, 2.24) is 0 Å². The third-order valence-corrected chi connectivity index (χ3v) is 1.39. The van der Waals surface area contributed by atoms with E-state index in [0.29, 0.717) is 18.3 Å². The maximum atomic E-state index is 12.9. The molecule has 0 fully saturated rings. The summed E-state index contributed by atoms with van der Waals surface area (Å²) in [5.74, 6) is -3.85. The van der Waals surface area contributed by atoms with Crippen LogP contribution in [0.25, 0.3) is 0 Å². The highest BCUT2D eigenvalue weighted by atomic mass is 19.2. The van der Waals surface area contributed by atoms with Gasteiger partial charge >= 0.3 is 0 Å². The van der Waals surface area contributed by atoms with Crippen molar-refractivity contribution < 1.29 is 13.2 Å². The molecule has 3 nitrogen and oxygen atoms in total. The lowest BCUT2D eigenvalue weighted by molar-refractivity contribution is 0.496. The van der Waals surface area contributed by atoms with Gasteiger partial charge in [-0.15, -0.1) is 0 Å². The van der Waals surface area contributed by atoms with Gasteiger partial charge in [0.15, 0.2) is 17.5 Å². The van der Waals surface area contributed by atoms with Crippen molar-refractivity contribution in [3.8, 4) is 0 Å². The second kappa shape index (κ2) is 3.91. The summed E-state index contributed by atoms with van der Waals surface area (Å²) in [6.07, 6.45) is 0.667. The van der Waals surface area contributed by atoms with Gasteiger partial charge in [0.05, 0.1) is 6.21 Å². The summed E-state index contributed by atoms with van der Waals surface area (Å²) in [4.78, 5) is 3.35. The third-order valence-electron chi connectivity index (χ3n) is 1.39. The minimum absolute atomic E-state index is 0.296. The van der Waals surface area contributed by atoms with E-state index in [1.807, 2.05) is 0 Å². The van der Waals surface area contributed by atoms with Crippen LogP contribution in [0.4, 0.5) is 18.9 Å². The molecule has 0 aliphatic rings. The zero-order chi connectivity index (χ0) is 10.7. The van der Waals surface area contributed by atoms with E-state index in [9.17, 15) is 13.2 Å². The van der Waals surface area contributed by atoms with E-state index in [2.05, 4.69) is 4.99 Å². The third kappa shape index (κ3) is 2.09. The Labute approximate surface area is 77.6 Å². The molecule has 0 amide bonds. The number of hydrogen-bond acceptors (Lipinski definition) is 2. The van der Waals surface area contributed by atoms with E-state index in [1.54, 1.807) is 0 Å². The van der Waals surface area contributed by atoms with Crippen LogP contribution in [0.3, 0.4) is 0 Å². The van der Waals surface area contributed by atoms with Gasteiger partial charge in [-0.1, -0.05) is 0 Å².